The molecule has 206 valence electrons. The summed E-state index contributed by atoms with van der Waals surface area (Å²) in [5, 5.41) is 9.01. The molecule has 0 saturated carbocycles. The van der Waals surface area contributed by atoms with Gasteiger partial charge in [-0.2, -0.15) is 29.2 Å². The van der Waals surface area contributed by atoms with Gasteiger partial charge in [-0.15, -0.1) is 17.9 Å². The van der Waals surface area contributed by atoms with E-state index in [1.165, 1.54) is 6.07 Å². The zero-order valence-corrected chi connectivity index (χ0v) is 32.1. The van der Waals surface area contributed by atoms with Crippen molar-refractivity contribution in [3.8, 4) is 22.5 Å². The smallest absolute Gasteiger partial charge is 0.387 e. The third-order valence-corrected chi connectivity index (χ3v) is 4.19. The first-order valence-electron chi connectivity index (χ1n) is 12.8. The summed E-state index contributed by atoms with van der Waals surface area (Å²) in [5.41, 5.74) is 3.67. The Labute approximate surface area is 324 Å². The van der Waals surface area contributed by atoms with Gasteiger partial charge in [0.25, 0.3) is 0 Å². The normalized spacial score (nSPS) is 9.67. The molecule has 0 radical (unpaired) electrons. The molecule has 0 amide bonds. The van der Waals surface area contributed by atoms with Crippen LogP contribution in [0.25, 0.3) is 35.2 Å². The van der Waals surface area contributed by atoms with Crippen LogP contribution < -0.4 is 113 Å². The molecule has 0 unspecified atom stereocenters. The Morgan fingerprint density at radius 3 is 2.05 bits per heavy atom. The van der Waals surface area contributed by atoms with Crippen LogP contribution in [0.2, 0.25) is 0 Å². The molecule has 2 heterocycles. The quantitative estimate of drug-likeness (QED) is 0.371. The summed E-state index contributed by atoms with van der Waals surface area (Å²) in [6.45, 7) is 29.8. The molecule has 3 aromatic rings. The molecule has 0 aliphatic rings. The first-order valence-corrected chi connectivity index (χ1v) is 12.8. The first kappa shape index (κ1) is 46.2. The van der Waals surface area contributed by atoms with Gasteiger partial charge in [-0.3, -0.25) is 11.2 Å². The van der Waals surface area contributed by atoms with E-state index in [1.54, 1.807) is 19.2 Å². The van der Waals surface area contributed by atoms with Gasteiger partial charge in [0.15, 0.2) is 0 Å². The van der Waals surface area contributed by atoms with Gasteiger partial charge in [-0.25, -0.2) is 15.5 Å². The van der Waals surface area contributed by atoms with E-state index in [2.05, 4.69) is 55.5 Å². The molecule has 2 aromatic heterocycles. The Hall–Kier alpha value is 0.263. The summed E-state index contributed by atoms with van der Waals surface area (Å²) in [5.74, 6) is -0.319. The second-order valence-corrected chi connectivity index (χ2v) is 7.30. The van der Waals surface area contributed by atoms with Crippen molar-refractivity contribution in [1.82, 2.24) is 15.2 Å². The van der Waals surface area contributed by atoms with Crippen LogP contribution in [0, 0.1) is 52.9 Å². The van der Waals surface area contributed by atoms with Crippen LogP contribution >= 0.6 is 0 Å². The van der Waals surface area contributed by atoms with Crippen molar-refractivity contribution in [2.75, 3.05) is 0 Å². The number of aromatic nitrogens is 3. The van der Waals surface area contributed by atoms with Crippen LogP contribution in [0.5, 0.6) is 0 Å². The van der Waals surface area contributed by atoms with E-state index >= 15 is 0 Å². The fourth-order valence-corrected chi connectivity index (χ4v) is 2.60. The Bertz CT molecular complexity index is 1100. The first-order chi connectivity index (χ1) is 17.8. The number of halogens is 1. The molecule has 0 atom stereocenters. The van der Waals surface area contributed by atoms with E-state index in [0.717, 1.165) is 52.9 Å². The van der Waals surface area contributed by atoms with E-state index in [0.29, 0.717) is 11.4 Å². The van der Waals surface area contributed by atoms with E-state index in [1.807, 2.05) is 71.4 Å². The molecule has 39 heavy (non-hydrogen) atoms. The number of aromatic amines is 1. The second kappa shape index (κ2) is 31.2. The van der Waals surface area contributed by atoms with E-state index < -0.39 is 0 Å². The molecule has 0 saturated heterocycles. The third kappa shape index (κ3) is 19.9. The number of unbranched alkanes of at least 4 members (excludes halogenated alkanes) is 2. The molecule has 0 aliphatic heterocycles. The molecule has 6 heteroatoms. The fraction of sp³-hybridized carbons (Fsp3) is 0.303. The van der Waals surface area contributed by atoms with Crippen LogP contribution in [-0.2, 0) is 0 Å². The number of nitrogens with zero attached hydrogens (tertiary/aromatic N) is 2. The van der Waals surface area contributed by atoms with Crippen LogP contribution in [0.15, 0.2) is 42.6 Å². The van der Waals surface area contributed by atoms with Gasteiger partial charge in [0, 0.05) is 5.56 Å². The van der Waals surface area contributed by atoms with Crippen molar-refractivity contribution < 1.29 is 107 Å². The number of H-pyrrole nitrogens is 1. The van der Waals surface area contributed by atoms with Gasteiger partial charge in [0.1, 0.15) is 5.82 Å². The maximum Gasteiger partial charge on any atom is 1.00 e. The van der Waals surface area contributed by atoms with Crippen LogP contribution in [0.4, 0.5) is 4.39 Å². The van der Waals surface area contributed by atoms with Crippen LogP contribution in [0.3, 0.4) is 0 Å². The molecule has 1 N–H and O–H groups in total. The minimum atomic E-state index is -0.319. The van der Waals surface area contributed by atoms with Crippen molar-refractivity contribution in [1.29, 1.82) is 0 Å². The molecule has 3 rings (SSSR count). The Morgan fingerprint density at radius 1 is 1.03 bits per heavy atom. The minimum absolute atomic E-state index is 0. The minimum Gasteiger partial charge on any atom is -0.387 e. The molecule has 0 fully saturated rings. The Kier molecular flexibility index (Phi) is 37.0. The van der Waals surface area contributed by atoms with E-state index in [-0.39, 0.29) is 109 Å². The molecular formula is C33H46FK2N3-4. The summed E-state index contributed by atoms with van der Waals surface area (Å²) in [7, 11) is 0. The van der Waals surface area contributed by atoms with Crippen molar-refractivity contribution in [2.24, 2.45) is 0 Å². The summed E-state index contributed by atoms with van der Waals surface area (Å²) in [6.07, 6.45) is 14.4. The molecule has 1 aromatic carbocycles. The summed E-state index contributed by atoms with van der Waals surface area (Å²) < 4.78 is 13.5. The number of hydrogen-bond acceptors (Lipinski definition) is 2. The zero-order chi connectivity index (χ0) is 28.6. The van der Waals surface area contributed by atoms with Crippen molar-refractivity contribution in [2.45, 2.75) is 67.2 Å². The second-order valence-electron chi connectivity index (χ2n) is 7.30. The molecule has 0 spiro atoms. The number of hydrogen-bond donors (Lipinski definition) is 1. The van der Waals surface area contributed by atoms with Crippen LogP contribution in [0.1, 0.15) is 66.0 Å². The predicted octanol–water partition coefficient (Wildman–Crippen LogP) is 2.29. The topological polar surface area (TPSA) is 41.6 Å². The number of benzene rings is 1. The maximum atomic E-state index is 13.5. The van der Waals surface area contributed by atoms with Crippen molar-refractivity contribution in [3.05, 3.63) is 105 Å². The number of allylic oxidation sites excluding steroid dienone is 2. The molecule has 0 bridgehead atoms. The van der Waals surface area contributed by atoms with E-state index in [4.69, 9.17) is 0 Å². The van der Waals surface area contributed by atoms with Gasteiger partial charge in [0.2, 0.25) is 0 Å². The van der Waals surface area contributed by atoms with Gasteiger partial charge < -0.3 is 47.0 Å². The number of nitrogens with one attached hydrogen (secondary N) is 1. The van der Waals surface area contributed by atoms with Crippen molar-refractivity contribution >= 4 is 12.7 Å². The third-order valence-electron chi connectivity index (χ3n) is 4.19. The summed E-state index contributed by atoms with van der Waals surface area (Å²) >= 11 is 0. The number of pyridine rings is 1. The zero-order valence-electron chi connectivity index (χ0n) is 25.8. The van der Waals surface area contributed by atoms with E-state index in [9.17, 15) is 4.39 Å². The molecule has 3 nitrogen and oxygen atoms in total. The summed E-state index contributed by atoms with van der Waals surface area (Å²) in [4.78, 5) is 4.31. The van der Waals surface area contributed by atoms with Crippen molar-refractivity contribution in [3.63, 3.8) is 0 Å². The largest absolute Gasteiger partial charge is 1.00 e. The van der Waals surface area contributed by atoms with Crippen LogP contribution in [-0.4, -0.2) is 15.2 Å². The molecular weight excluding hydrogens is 536 g/mol. The Morgan fingerprint density at radius 2 is 1.59 bits per heavy atom. The predicted molar refractivity (Wildman–Crippen MR) is 162 cm³/mol. The average molecular weight is 582 g/mol. The van der Waals surface area contributed by atoms with Gasteiger partial charge in [-0.05, 0) is 24.6 Å². The van der Waals surface area contributed by atoms with Gasteiger partial charge >= 0.3 is 103 Å². The number of aryl methyl sites for hydroxylation is 1. The monoisotopic (exact) mass is 581 g/mol. The SMILES string of the molecule is C=c1ccc(-c2cn[nH]c2-c2ccc(F)c(C)n2)c/c1=C/[C-]=CC.CC.[CH2-]CC.[CH2-]CC.[CH2-]C[CH-]C[CH2-].[K+].[K+]. The summed E-state index contributed by atoms with van der Waals surface area (Å²) in [6, 6.07) is 9.04. The van der Waals surface area contributed by atoms with Gasteiger partial charge in [-0.1, -0.05) is 46.8 Å². The molecule has 0 aliphatic carbocycles. The Balaban J connectivity index is -0.000000348. The van der Waals surface area contributed by atoms with Gasteiger partial charge in [0.05, 0.1) is 23.3 Å². The number of rotatable bonds is 5. The standard InChI is InChI=1S/C20H17FN3.C5H9.2C3H7.C2H6.2K/c1-4-5-6-15-11-16(8-7-13(15)2)17-12-22-24-20(17)19-10-9-18(21)14(3)23-19;1-3-5-4-2;2*1-3-2;1-2;;/h4,6-12H,2H2,1,3H3,(H,22,24);5H,1-4H2;2*1,3H2,2H3;1-2H3;;/q-1;-3;2*-1;;2*+1/b15-6-;;;;;;. The fourth-order valence-electron chi connectivity index (χ4n) is 2.60. The average Bonchev–Trinajstić information content (AvgIpc) is 3.38. The maximum absolute atomic E-state index is 13.5.